The zero-order valence-electron chi connectivity index (χ0n) is 11.9. The van der Waals surface area contributed by atoms with Crippen LogP contribution in [0.15, 0.2) is 0 Å². The van der Waals surface area contributed by atoms with Crippen LogP contribution >= 0.6 is 11.3 Å². The van der Waals surface area contributed by atoms with Gasteiger partial charge in [0.25, 0.3) is 0 Å². The molecule has 3 unspecified atom stereocenters. The monoisotopic (exact) mass is 281 g/mol. The van der Waals surface area contributed by atoms with Crippen LogP contribution in [0.5, 0.6) is 0 Å². The van der Waals surface area contributed by atoms with Crippen LogP contribution in [-0.2, 0) is 17.6 Å². The Bertz CT molecular complexity index is 456. The summed E-state index contributed by atoms with van der Waals surface area (Å²) in [4.78, 5) is 17.9. The number of fused-ring (bicyclic) bond motifs is 1. The minimum absolute atomic E-state index is 0.0341. The average molecular weight is 281 g/mol. The van der Waals surface area contributed by atoms with Gasteiger partial charge in [-0.15, -0.1) is 11.3 Å². The molecule has 3 atom stereocenters. The number of carbonyl (C=O) groups excluding carboxylic acids is 1. The average Bonchev–Trinajstić information content (AvgIpc) is 2.78. The molecule has 1 aliphatic rings. The lowest BCUT2D eigenvalue weighted by molar-refractivity contribution is -0.119. The summed E-state index contributed by atoms with van der Waals surface area (Å²) in [5.41, 5.74) is 6.93. The molecule has 2 rings (SSSR count). The second-order valence-corrected chi connectivity index (χ2v) is 6.63. The number of aryl methyl sites for hydroxylation is 1. The molecule has 0 fully saturated rings. The fraction of sp³-hybridized carbons (Fsp3) is 0.714. The van der Waals surface area contributed by atoms with E-state index < -0.39 is 0 Å². The zero-order chi connectivity index (χ0) is 14.0. The topological polar surface area (TPSA) is 68.0 Å². The Morgan fingerprint density at radius 3 is 2.95 bits per heavy atom. The first-order valence-electron chi connectivity index (χ1n) is 7.06. The molecule has 0 bridgehead atoms. The molecule has 1 aromatic rings. The highest BCUT2D eigenvalue weighted by molar-refractivity contribution is 7.15. The van der Waals surface area contributed by atoms with Crippen molar-refractivity contribution in [3.05, 3.63) is 10.6 Å². The van der Waals surface area contributed by atoms with Gasteiger partial charge in [-0.25, -0.2) is 4.98 Å². The maximum absolute atomic E-state index is 12.0. The Kier molecular flexibility index (Phi) is 4.58. The van der Waals surface area contributed by atoms with Crippen LogP contribution in [-0.4, -0.2) is 16.9 Å². The quantitative estimate of drug-likeness (QED) is 0.891. The third-order valence-electron chi connectivity index (χ3n) is 4.05. The molecule has 4 nitrogen and oxygen atoms in total. The molecule has 0 spiro atoms. The third-order valence-corrected chi connectivity index (χ3v) is 5.09. The maximum Gasteiger partial charge on any atom is 0.230 e. The summed E-state index contributed by atoms with van der Waals surface area (Å²) in [6.07, 6.45) is 4.60. The van der Waals surface area contributed by atoms with Crippen LogP contribution in [0.1, 0.15) is 44.2 Å². The van der Waals surface area contributed by atoms with Crippen molar-refractivity contribution in [2.45, 2.75) is 52.5 Å². The number of carbonyl (C=O) groups is 1. The number of nitrogens with two attached hydrogens (primary N) is 1. The molecule has 0 saturated heterocycles. The van der Waals surface area contributed by atoms with Crippen molar-refractivity contribution in [3.8, 4) is 0 Å². The Morgan fingerprint density at radius 1 is 1.58 bits per heavy atom. The molecule has 3 N–H and O–H groups in total. The van der Waals surface area contributed by atoms with Gasteiger partial charge >= 0.3 is 0 Å². The minimum Gasteiger partial charge on any atom is -0.327 e. The lowest BCUT2D eigenvalue weighted by Gasteiger charge is -2.18. The van der Waals surface area contributed by atoms with Crippen LogP contribution < -0.4 is 11.1 Å². The van der Waals surface area contributed by atoms with Crippen LogP contribution in [0.3, 0.4) is 0 Å². The number of anilines is 1. The molecule has 1 heterocycles. The molecule has 19 heavy (non-hydrogen) atoms. The predicted octanol–water partition coefficient (Wildman–Crippen LogP) is 2.58. The SMILES string of the molecule is CCC1CCc2nc(NC(=O)C(C)C(C)N)sc2C1. The van der Waals surface area contributed by atoms with Crippen molar-refractivity contribution in [1.29, 1.82) is 0 Å². The number of rotatable bonds is 4. The number of thiazole rings is 1. The Hall–Kier alpha value is -0.940. The highest BCUT2D eigenvalue weighted by Gasteiger charge is 2.23. The van der Waals surface area contributed by atoms with Crippen molar-refractivity contribution in [2.75, 3.05) is 5.32 Å². The summed E-state index contributed by atoms with van der Waals surface area (Å²) >= 11 is 1.63. The van der Waals surface area contributed by atoms with E-state index in [1.807, 2.05) is 13.8 Å². The van der Waals surface area contributed by atoms with E-state index in [-0.39, 0.29) is 17.9 Å². The lowest BCUT2D eigenvalue weighted by atomic mass is 9.89. The van der Waals surface area contributed by atoms with Crippen molar-refractivity contribution in [3.63, 3.8) is 0 Å². The number of aromatic nitrogens is 1. The van der Waals surface area contributed by atoms with Gasteiger partial charge in [0.15, 0.2) is 5.13 Å². The highest BCUT2D eigenvalue weighted by atomic mass is 32.1. The Morgan fingerprint density at radius 2 is 2.32 bits per heavy atom. The summed E-state index contributed by atoms with van der Waals surface area (Å²) in [7, 11) is 0. The van der Waals surface area contributed by atoms with E-state index in [1.165, 1.54) is 23.4 Å². The summed E-state index contributed by atoms with van der Waals surface area (Å²) < 4.78 is 0. The fourth-order valence-corrected chi connectivity index (χ4v) is 3.43. The first kappa shape index (κ1) is 14.5. The van der Waals surface area contributed by atoms with E-state index in [1.54, 1.807) is 11.3 Å². The number of amides is 1. The first-order chi connectivity index (χ1) is 9.01. The van der Waals surface area contributed by atoms with Crippen LogP contribution in [0, 0.1) is 11.8 Å². The molecule has 0 radical (unpaired) electrons. The molecule has 1 aromatic heterocycles. The standard InChI is InChI=1S/C14H23N3OS/c1-4-10-5-6-11-12(7-10)19-14(16-11)17-13(18)8(2)9(3)15/h8-10H,4-7,15H2,1-3H3,(H,16,17,18). The van der Waals surface area contributed by atoms with E-state index >= 15 is 0 Å². The molecular weight excluding hydrogens is 258 g/mol. The van der Waals surface area contributed by atoms with Crippen LogP contribution in [0.2, 0.25) is 0 Å². The van der Waals surface area contributed by atoms with Gasteiger partial charge in [-0.3, -0.25) is 4.79 Å². The predicted molar refractivity (Wildman–Crippen MR) is 79.4 cm³/mol. The Balaban J connectivity index is 2.04. The van der Waals surface area contributed by atoms with Crippen molar-refractivity contribution in [2.24, 2.45) is 17.6 Å². The fourth-order valence-electron chi connectivity index (χ4n) is 2.30. The second kappa shape index (κ2) is 6.01. The van der Waals surface area contributed by atoms with Gasteiger partial charge in [0.05, 0.1) is 11.6 Å². The van der Waals surface area contributed by atoms with E-state index in [9.17, 15) is 4.79 Å². The van der Waals surface area contributed by atoms with Gasteiger partial charge in [0.2, 0.25) is 5.91 Å². The van der Waals surface area contributed by atoms with Crippen molar-refractivity contribution >= 4 is 22.4 Å². The summed E-state index contributed by atoms with van der Waals surface area (Å²) in [6, 6.07) is -0.140. The molecule has 1 aliphatic carbocycles. The van der Waals surface area contributed by atoms with Gasteiger partial charge in [0, 0.05) is 10.9 Å². The number of hydrogen-bond acceptors (Lipinski definition) is 4. The normalized spacial score (nSPS) is 21.6. The lowest BCUT2D eigenvalue weighted by Crippen LogP contribution is -2.34. The third kappa shape index (κ3) is 3.34. The van der Waals surface area contributed by atoms with E-state index in [0.717, 1.165) is 23.9 Å². The molecule has 5 heteroatoms. The maximum atomic E-state index is 12.0. The van der Waals surface area contributed by atoms with E-state index in [4.69, 9.17) is 5.73 Å². The summed E-state index contributed by atoms with van der Waals surface area (Å²) in [6.45, 7) is 5.94. The molecule has 0 saturated carbocycles. The highest BCUT2D eigenvalue weighted by Crippen LogP contribution is 2.33. The van der Waals surface area contributed by atoms with Crippen molar-refractivity contribution in [1.82, 2.24) is 4.98 Å². The van der Waals surface area contributed by atoms with Crippen molar-refractivity contribution < 1.29 is 4.79 Å². The first-order valence-corrected chi connectivity index (χ1v) is 7.88. The van der Waals surface area contributed by atoms with E-state index in [0.29, 0.717) is 0 Å². The molecular formula is C14H23N3OS. The molecule has 1 amide bonds. The largest absolute Gasteiger partial charge is 0.327 e. The molecule has 0 aromatic carbocycles. The number of nitrogens with zero attached hydrogens (tertiary/aromatic N) is 1. The number of nitrogens with one attached hydrogen (secondary N) is 1. The van der Waals surface area contributed by atoms with E-state index in [2.05, 4.69) is 17.2 Å². The second-order valence-electron chi connectivity index (χ2n) is 5.54. The zero-order valence-corrected chi connectivity index (χ0v) is 12.7. The Labute approximate surface area is 118 Å². The molecule has 0 aliphatic heterocycles. The van der Waals surface area contributed by atoms with Gasteiger partial charge in [-0.2, -0.15) is 0 Å². The summed E-state index contributed by atoms with van der Waals surface area (Å²) in [5.74, 6) is 0.553. The minimum atomic E-state index is -0.190. The summed E-state index contributed by atoms with van der Waals surface area (Å²) in [5, 5.41) is 3.64. The van der Waals surface area contributed by atoms with Crippen LogP contribution in [0.25, 0.3) is 0 Å². The van der Waals surface area contributed by atoms with Gasteiger partial charge in [-0.05, 0) is 32.1 Å². The van der Waals surface area contributed by atoms with Gasteiger partial charge in [0.1, 0.15) is 0 Å². The molecule has 106 valence electrons. The smallest absolute Gasteiger partial charge is 0.230 e. The van der Waals surface area contributed by atoms with Crippen LogP contribution in [0.4, 0.5) is 5.13 Å². The van der Waals surface area contributed by atoms with Gasteiger partial charge in [-0.1, -0.05) is 20.3 Å². The van der Waals surface area contributed by atoms with Gasteiger partial charge < -0.3 is 11.1 Å². The number of hydrogen-bond donors (Lipinski definition) is 2.